The van der Waals surface area contributed by atoms with E-state index in [0.717, 1.165) is 25.8 Å². The Kier molecular flexibility index (Phi) is 25.3. The van der Waals surface area contributed by atoms with Gasteiger partial charge >= 0.3 is 0 Å². The lowest BCUT2D eigenvalue weighted by Crippen LogP contribution is -2.35. The fourth-order valence-electron chi connectivity index (χ4n) is 4.62. The first-order valence-electron chi connectivity index (χ1n) is 14.1. The molecule has 0 aliphatic rings. The van der Waals surface area contributed by atoms with Crippen molar-refractivity contribution in [3.05, 3.63) is 0 Å². The van der Waals surface area contributed by atoms with E-state index < -0.39 is 0 Å². The van der Waals surface area contributed by atoms with Gasteiger partial charge in [0, 0.05) is 25.7 Å². The van der Waals surface area contributed by atoms with Crippen molar-refractivity contribution in [1.29, 1.82) is 0 Å². The molecule has 1 atom stereocenters. The molecule has 32 heavy (non-hydrogen) atoms. The van der Waals surface area contributed by atoms with Crippen LogP contribution in [0.3, 0.4) is 0 Å². The van der Waals surface area contributed by atoms with Crippen LogP contribution < -0.4 is 0 Å². The fourth-order valence-corrected chi connectivity index (χ4v) is 4.62. The van der Waals surface area contributed by atoms with Gasteiger partial charge in [0.05, 0.1) is 13.2 Å². The average Bonchev–Trinajstić information content (AvgIpc) is 2.80. The molecule has 0 aliphatic carbocycles. The van der Waals surface area contributed by atoms with E-state index in [1.165, 1.54) is 101 Å². The Labute approximate surface area is 200 Å². The molecular formula is C27H58N2O3. The van der Waals surface area contributed by atoms with Crippen molar-refractivity contribution in [3.8, 4) is 0 Å². The van der Waals surface area contributed by atoms with E-state index in [1.54, 1.807) is 0 Å². The Hall–Kier alpha value is -0.200. The summed E-state index contributed by atoms with van der Waals surface area (Å²) in [4.78, 5) is 2.10. The zero-order valence-electron chi connectivity index (χ0n) is 21.8. The number of rotatable bonds is 26. The van der Waals surface area contributed by atoms with E-state index in [-0.39, 0.29) is 19.3 Å². The van der Waals surface area contributed by atoms with Gasteiger partial charge in [-0.3, -0.25) is 4.90 Å². The smallest absolute Gasteiger partial charge is 0.0558 e. The largest absolute Gasteiger partial charge is 0.395 e. The lowest BCUT2D eigenvalue weighted by atomic mass is 10.0. The predicted octanol–water partition coefficient (Wildman–Crippen LogP) is 6.39. The summed E-state index contributed by atoms with van der Waals surface area (Å²) in [7, 11) is 0. The summed E-state index contributed by atoms with van der Waals surface area (Å²) in [6, 6.07) is 0.229. The number of aliphatic hydroxyl groups is 2. The number of unbranched alkanes of at least 4 members (excludes halogenated alkanes) is 14. The maximum absolute atomic E-state index is 10.2. The van der Waals surface area contributed by atoms with Crippen molar-refractivity contribution < 1.29 is 15.4 Å². The number of hydrogen-bond acceptors (Lipinski definition) is 5. The lowest BCUT2D eigenvalue weighted by molar-refractivity contribution is -0.127. The first-order chi connectivity index (χ1) is 15.7. The first-order valence-corrected chi connectivity index (χ1v) is 14.1. The SMILES string of the molecule is CCCCCCCCCCCCCCCCCC(CCCN(CCO)CCO)N(O)CC. The minimum absolute atomic E-state index is 0.129. The summed E-state index contributed by atoms with van der Waals surface area (Å²) in [6.45, 7) is 7.30. The monoisotopic (exact) mass is 458 g/mol. The highest BCUT2D eigenvalue weighted by atomic mass is 16.5. The molecule has 0 radical (unpaired) electrons. The molecule has 0 rings (SSSR count). The Bertz CT molecular complexity index is 352. The highest BCUT2D eigenvalue weighted by molar-refractivity contribution is 4.68. The highest BCUT2D eigenvalue weighted by Gasteiger charge is 2.15. The van der Waals surface area contributed by atoms with Gasteiger partial charge in [-0.15, -0.1) is 0 Å². The molecule has 0 heterocycles. The van der Waals surface area contributed by atoms with E-state index in [9.17, 15) is 5.21 Å². The molecule has 0 spiro atoms. The zero-order valence-corrected chi connectivity index (χ0v) is 21.8. The van der Waals surface area contributed by atoms with Crippen LogP contribution in [0.4, 0.5) is 0 Å². The van der Waals surface area contributed by atoms with Crippen LogP contribution in [0.1, 0.15) is 129 Å². The minimum Gasteiger partial charge on any atom is -0.395 e. The molecule has 0 bridgehead atoms. The van der Waals surface area contributed by atoms with Crippen LogP contribution in [0, 0.1) is 0 Å². The van der Waals surface area contributed by atoms with E-state index >= 15 is 0 Å². The van der Waals surface area contributed by atoms with E-state index in [1.807, 2.05) is 6.92 Å². The van der Waals surface area contributed by atoms with Crippen LogP contribution in [0.15, 0.2) is 0 Å². The second kappa shape index (κ2) is 25.4. The maximum Gasteiger partial charge on any atom is 0.0558 e. The van der Waals surface area contributed by atoms with Crippen molar-refractivity contribution in [2.75, 3.05) is 39.4 Å². The van der Waals surface area contributed by atoms with E-state index in [2.05, 4.69) is 11.8 Å². The summed E-state index contributed by atoms with van der Waals surface area (Å²) in [5.41, 5.74) is 0. The van der Waals surface area contributed by atoms with Gasteiger partial charge in [0.25, 0.3) is 0 Å². The summed E-state index contributed by atoms with van der Waals surface area (Å²) >= 11 is 0. The Morgan fingerprint density at radius 2 is 0.938 bits per heavy atom. The van der Waals surface area contributed by atoms with Gasteiger partial charge in [0.15, 0.2) is 0 Å². The molecule has 0 aliphatic heterocycles. The summed E-state index contributed by atoms with van der Waals surface area (Å²) < 4.78 is 0. The molecule has 0 amide bonds. The van der Waals surface area contributed by atoms with Crippen molar-refractivity contribution in [2.45, 2.75) is 135 Å². The zero-order chi connectivity index (χ0) is 23.7. The van der Waals surface area contributed by atoms with Crippen LogP contribution in [0.5, 0.6) is 0 Å². The minimum atomic E-state index is 0.129. The molecule has 0 aromatic carbocycles. The molecule has 1 unspecified atom stereocenters. The number of aliphatic hydroxyl groups excluding tert-OH is 2. The number of hydroxylamine groups is 2. The van der Waals surface area contributed by atoms with Crippen molar-refractivity contribution in [3.63, 3.8) is 0 Å². The van der Waals surface area contributed by atoms with Gasteiger partial charge in [-0.25, -0.2) is 0 Å². The van der Waals surface area contributed by atoms with Crippen molar-refractivity contribution >= 4 is 0 Å². The Morgan fingerprint density at radius 1 is 0.531 bits per heavy atom. The number of hydrogen-bond donors (Lipinski definition) is 3. The summed E-state index contributed by atoms with van der Waals surface area (Å²) in [6.07, 6.45) is 23.7. The van der Waals surface area contributed by atoms with Gasteiger partial charge in [-0.05, 0) is 25.8 Å². The summed E-state index contributed by atoms with van der Waals surface area (Å²) in [5.74, 6) is 0. The maximum atomic E-state index is 10.2. The highest BCUT2D eigenvalue weighted by Crippen LogP contribution is 2.17. The first kappa shape index (κ1) is 31.8. The molecule has 0 saturated carbocycles. The molecule has 3 N–H and O–H groups in total. The second-order valence-electron chi connectivity index (χ2n) is 9.58. The van der Waals surface area contributed by atoms with Crippen molar-refractivity contribution in [2.24, 2.45) is 0 Å². The molecule has 0 saturated heterocycles. The van der Waals surface area contributed by atoms with Gasteiger partial charge in [-0.2, -0.15) is 5.06 Å². The topological polar surface area (TPSA) is 67.2 Å². The molecule has 0 aromatic rings. The molecule has 5 heteroatoms. The van der Waals surface area contributed by atoms with Crippen LogP contribution in [0.2, 0.25) is 0 Å². The normalized spacial score (nSPS) is 12.8. The van der Waals surface area contributed by atoms with Gasteiger partial charge in [0.1, 0.15) is 0 Å². The Balaban J connectivity index is 3.66. The average molecular weight is 459 g/mol. The predicted molar refractivity (Wildman–Crippen MR) is 137 cm³/mol. The van der Waals surface area contributed by atoms with Crippen LogP contribution in [-0.2, 0) is 0 Å². The van der Waals surface area contributed by atoms with E-state index in [0.29, 0.717) is 19.6 Å². The fraction of sp³-hybridized carbons (Fsp3) is 1.00. The van der Waals surface area contributed by atoms with Crippen molar-refractivity contribution in [1.82, 2.24) is 9.96 Å². The molecule has 0 fully saturated rings. The van der Waals surface area contributed by atoms with Gasteiger partial charge in [-0.1, -0.05) is 110 Å². The van der Waals surface area contributed by atoms with E-state index in [4.69, 9.17) is 10.2 Å². The van der Waals surface area contributed by atoms with Crippen LogP contribution in [0.25, 0.3) is 0 Å². The molecular weight excluding hydrogens is 400 g/mol. The summed E-state index contributed by atoms with van der Waals surface area (Å²) in [5, 5.41) is 30.0. The van der Waals surface area contributed by atoms with Gasteiger partial charge < -0.3 is 15.4 Å². The molecule has 194 valence electrons. The third kappa shape index (κ3) is 20.4. The molecule has 5 nitrogen and oxygen atoms in total. The number of nitrogens with zero attached hydrogens (tertiary/aromatic N) is 2. The quantitative estimate of drug-likeness (QED) is 0.103. The van der Waals surface area contributed by atoms with Crippen LogP contribution >= 0.6 is 0 Å². The Morgan fingerprint density at radius 3 is 1.34 bits per heavy atom. The third-order valence-corrected chi connectivity index (χ3v) is 6.73. The molecule has 0 aromatic heterocycles. The lowest BCUT2D eigenvalue weighted by Gasteiger charge is -2.27. The van der Waals surface area contributed by atoms with Crippen LogP contribution in [-0.4, -0.2) is 70.8 Å². The third-order valence-electron chi connectivity index (χ3n) is 6.73. The standard InChI is InChI=1S/C27H58N2O3/c1-3-5-6-7-8-9-10-11-12-13-14-15-16-17-18-20-27(29(32)4-2)21-19-22-28(23-25-30)24-26-31/h27,30-32H,3-26H2,1-2H3. The second-order valence-corrected chi connectivity index (χ2v) is 9.58. The van der Waals surface area contributed by atoms with Gasteiger partial charge in [0.2, 0.25) is 0 Å².